The Morgan fingerprint density at radius 2 is 1.67 bits per heavy atom. The highest BCUT2D eigenvalue weighted by Crippen LogP contribution is 2.42. The fourth-order valence-electron chi connectivity index (χ4n) is 4.81. The maximum absolute atomic E-state index is 13.5. The van der Waals surface area contributed by atoms with Crippen LogP contribution in [0.5, 0.6) is 5.75 Å². The van der Waals surface area contributed by atoms with E-state index in [1.807, 2.05) is 18.2 Å². The fourth-order valence-corrected chi connectivity index (χ4v) is 4.81. The summed E-state index contributed by atoms with van der Waals surface area (Å²) < 4.78 is 26.0. The Balaban J connectivity index is 1.65. The molecule has 0 fully saturated rings. The Morgan fingerprint density at radius 1 is 0.909 bits per heavy atom. The van der Waals surface area contributed by atoms with Crippen LogP contribution in [0.2, 0.25) is 0 Å². The first-order valence-electron chi connectivity index (χ1n) is 10.8. The number of amides is 1. The quantitative estimate of drug-likeness (QED) is 0.356. The van der Waals surface area contributed by atoms with Gasteiger partial charge >= 0.3 is 0 Å². The van der Waals surface area contributed by atoms with Gasteiger partial charge in [0, 0.05) is 30.0 Å². The molecule has 0 bridgehead atoms. The predicted octanol–water partition coefficient (Wildman–Crippen LogP) is 6.23. The standard InChI is InChI=1S/C28H20FNO3/c1-30-28(31)26-25-21-14-18-6-2-4-16-5-3-7-19(24(16)18)15-32-22(21)12-13-23(25)33-27(26)17-8-10-20(29)11-9-17/h2-13H,14-15H2,1H3,(H,30,31). The van der Waals surface area contributed by atoms with Crippen LogP contribution in [0.15, 0.2) is 77.2 Å². The number of rotatable bonds is 2. The Labute approximate surface area is 189 Å². The van der Waals surface area contributed by atoms with Gasteiger partial charge in [0.25, 0.3) is 5.91 Å². The molecule has 0 spiro atoms. The lowest BCUT2D eigenvalue weighted by Crippen LogP contribution is -2.18. The van der Waals surface area contributed by atoms with Gasteiger partial charge in [-0.1, -0.05) is 36.4 Å². The molecule has 0 saturated heterocycles. The Morgan fingerprint density at radius 3 is 2.42 bits per heavy atom. The smallest absolute Gasteiger partial charge is 0.255 e. The summed E-state index contributed by atoms with van der Waals surface area (Å²) in [6, 6.07) is 22.2. The molecule has 1 aromatic heterocycles. The zero-order valence-corrected chi connectivity index (χ0v) is 17.9. The van der Waals surface area contributed by atoms with Crippen molar-refractivity contribution >= 4 is 27.6 Å². The number of furan rings is 1. The van der Waals surface area contributed by atoms with E-state index in [9.17, 15) is 9.18 Å². The van der Waals surface area contributed by atoms with E-state index in [0.717, 1.165) is 27.6 Å². The van der Waals surface area contributed by atoms with Crippen molar-refractivity contribution < 1.29 is 18.3 Å². The van der Waals surface area contributed by atoms with Crippen LogP contribution in [0.4, 0.5) is 4.39 Å². The molecule has 0 atom stereocenters. The molecule has 162 valence electrons. The van der Waals surface area contributed by atoms with Gasteiger partial charge in [-0.05, 0) is 58.3 Å². The Bertz CT molecular complexity index is 1540. The predicted molar refractivity (Wildman–Crippen MR) is 126 cm³/mol. The van der Waals surface area contributed by atoms with E-state index in [2.05, 4.69) is 35.6 Å². The van der Waals surface area contributed by atoms with Gasteiger partial charge < -0.3 is 14.5 Å². The molecule has 0 aliphatic carbocycles. The molecule has 1 aliphatic rings. The maximum Gasteiger partial charge on any atom is 0.255 e. The number of ether oxygens (including phenoxy) is 1. The van der Waals surface area contributed by atoms with Crippen molar-refractivity contribution in [1.29, 1.82) is 0 Å². The highest BCUT2D eigenvalue weighted by molar-refractivity contribution is 6.12. The van der Waals surface area contributed by atoms with Crippen molar-refractivity contribution in [1.82, 2.24) is 5.32 Å². The molecular formula is C28H20FNO3. The summed E-state index contributed by atoms with van der Waals surface area (Å²) in [6.07, 6.45) is 0.591. The van der Waals surface area contributed by atoms with Crippen molar-refractivity contribution in [3.05, 3.63) is 101 Å². The number of carbonyl (C=O) groups excluding carboxylic acids is 1. The summed E-state index contributed by atoms with van der Waals surface area (Å²) in [6.45, 7) is 0.435. The van der Waals surface area contributed by atoms with Gasteiger partial charge in [0.1, 0.15) is 29.5 Å². The van der Waals surface area contributed by atoms with Crippen molar-refractivity contribution in [3.63, 3.8) is 0 Å². The molecule has 33 heavy (non-hydrogen) atoms. The highest BCUT2D eigenvalue weighted by atomic mass is 19.1. The van der Waals surface area contributed by atoms with Crippen LogP contribution in [0.1, 0.15) is 27.0 Å². The maximum atomic E-state index is 13.5. The molecule has 5 aromatic rings. The van der Waals surface area contributed by atoms with E-state index < -0.39 is 0 Å². The molecule has 1 aliphatic heterocycles. The summed E-state index contributed by atoms with van der Waals surface area (Å²) in [5.41, 5.74) is 4.88. The summed E-state index contributed by atoms with van der Waals surface area (Å²) >= 11 is 0. The third kappa shape index (κ3) is 3.08. The number of hydrogen-bond donors (Lipinski definition) is 1. The van der Waals surface area contributed by atoms with Crippen LogP contribution in [0, 0.1) is 5.82 Å². The highest BCUT2D eigenvalue weighted by Gasteiger charge is 2.27. The van der Waals surface area contributed by atoms with Crippen LogP contribution in [-0.2, 0) is 13.0 Å². The summed E-state index contributed by atoms with van der Waals surface area (Å²) in [5, 5.41) is 5.81. The van der Waals surface area contributed by atoms with Gasteiger partial charge in [0.15, 0.2) is 0 Å². The molecule has 0 unspecified atom stereocenters. The van der Waals surface area contributed by atoms with E-state index in [1.54, 1.807) is 19.2 Å². The minimum atomic E-state index is -0.346. The number of benzene rings is 4. The lowest BCUT2D eigenvalue weighted by Gasteiger charge is -2.20. The van der Waals surface area contributed by atoms with Gasteiger partial charge in [-0.3, -0.25) is 4.79 Å². The molecule has 0 saturated carbocycles. The number of fused-ring (bicyclic) bond motifs is 3. The number of halogens is 1. The SMILES string of the molecule is CNC(=O)c1c(-c2ccc(F)cc2)oc2ccc3c(c12)Cc1cccc2cccc(c12)CO3. The zero-order chi connectivity index (χ0) is 22.5. The Hall–Kier alpha value is -4.12. The first-order valence-corrected chi connectivity index (χ1v) is 10.8. The van der Waals surface area contributed by atoms with Gasteiger partial charge in [-0.2, -0.15) is 0 Å². The molecule has 6 rings (SSSR count). The average molecular weight is 437 g/mol. The summed E-state index contributed by atoms with van der Waals surface area (Å²) in [5.74, 6) is 0.535. The molecular weight excluding hydrogens is 417 g/mol. The van der Waals surface area contributed by atoms with E-state index in [-0.39, 0.29) is 11.7 Å². The first kappa shape index (κ1) is 19.6. The zero-order valence-electron chi connectivity index (χ0n) is 17.9. The van der Waals surface area contributed by atoms with Crippen LogP contribution >= 0.6 is 0 Å². The largest absolute Gasteiger partial charge is 0.489 e. The normalized spacial score (nSPS) is 12.7. The molecule has 4 nitrogen and oxygen atoms in total. The Kier molecular flexibility index (Phi) is 4.44. The molecule has 1 amide bonds. The molecule has 0 radical (unpaired) electrons. The topological polar surface area (TPSA) is 51.5 Å². The van der Waals surface area contributed by atoms with Gasteiger partial charge in [0.2, 0.25) is 0 Å². The van der Waals surface area contributed by atoms with Crippen molar-refractivity contribution in [2.24, 2.45) is 0 Å². The second-order valence-electron chi connectivity index (χ2n) is 8.21. The monoisotopic (exact) mass is 437 g/mol. The number of hydrogen-bond acceptors (Lipinski definition) is 3. The minimum Gasteiger partial charge on any atom is -0.489 e. The lowest BCUT2D eigenvalue weighted by molar-refractivity contribution is 0.0964. The van der Waals surface area contributed by atoms with Crippen LogP contribution in [-0.4, -0.2) is 13.0 Å². The van der Waals surface area contributed by atoms with Crippen molar-refractivity contribution in [2.75, 3.05) is 7.05 Å². The average Bonchev–Trinajstić information content (AvgIpc) is 3.22. The van der Waals surface area contributed by atoms with Crippen molar-refractivity contribution in [3.8, 4) is 17.1 Å². The number of carbonyl (C=O) groups is 1. The summed E-state index contributed by atoms with van der Waals surface area (Å²) in [4.78, 5) is 13.1. The van der Waals surface area contributed by atoms with E-state index in [0.29, 0.717) is 35.5 Å². The summed E-state index contributed by atoms with van der Waals surface area (Å²) in [7, 11) is 1.59. The minimum absolute atomic E-state index is 0.262. The lowest BCUT2D eigenvalue weighted by atomic mass is 9.91. The molecule has 5 heteroatoms. The number of nitrogens with one attached hydrogen (secondary N) is 1. The van der Waals surface area contributed by atoms with Crippen LogP contribution in [0.25, 0.3) is 33.1 Å². The van der Waals surface area contributed by atoms with E-state index in [1.165, 1.54) is 23.1 Å². The third-order valence-corrected chi connectivity index (χ3v) is 6.31. The second-order valence-corrected chi connectivity index (χ2v) is 8.21. The van der Waals surface area contributed by atoms with Gasteiger partial charge in [-0.25, -0.2) is 4.39 Å². The van der Waals surface area contributed by atoms with Gasteiger partial charge in [-0.15, -0.1) is 0 Å². The van der Waals surface area contributed by atoms with Crippen molar-refractivity contribution in [2.45, 2.75) is 13.0 Å². The van der Waals surface area contributed by atoms with Crippen LogP contribution in [0.3, 0.4) is 0 Å². The fraction of sp³-hybridized carbons (Fsp3) is 0.107. The van der Waals surface area contributed by atoms with E-state index in [4.69, 9.17) is 9.15 Å². The van der Waals surface area contributed by atoms with Crippen LogP contribution < -0.4 is 10.1 Å². The molecule has 4 aromatic carbocycles. The second kappa shape index (κ2) is 7.48. The van der Waals surface area contributed by atoms with E-state index >= 15 is 0 Å². The first-order chi connectivity index (χ1) is 16.1. The molecule has 1 N–H and O–H groups in total. The third-order valence-electron chi connectivity index (χ3n) is 6.31. The molecule has 2 heterocycles. The van der Waals surface area contributed by atoms with Gasteiger partial charge in [0.05, 0.1) is 5.56 Å².